The van der Waals surface area contributed by atoms with Crippen LogP contribution in [0.5, 0.6) is 0 Å². The number of halogens is 1. The molecule has 3 aromatic rings. The molecule has 10 heteroatoms. The van der Waals surface area contributed by atoms with Crippen LogP contribution in [-0.2, 0) is 15.0 Å². The minimum absolute atomic E-state index is 0.0838. The molecule has 9 nitrogen and oxygen atoms in total. The summed E-state index contributed by atoms with van der Waals surface area (Å²) in [5, 5.41) is 21.5. The summed E-state index contributed by atoms with van der Waals surface area (Å²) >= 11 is 6.75. The van der Waals surface area contributed by atoms with Crippen molar-refractivity contribution in [3.8, 4) is 5.69 Å². The van der Waals surface area contributed by atoms with Crippen LogP contribution in [-0.4, -0.2) is 93.3 Å². The molecule has 2 bridgehead atoms. The van der Waals surface area contributed by atoms with E-state index in [4.69, 9.17) is 26.2 Å². The summed E-state index contributed by atoms with van der Waals surface area (Å²) in [4.78, 5) is 4.68. The van der Waals surface area contributed by atoms with Crippen molar-refractivity contribution in [3.63, 3.8) is 0 Å². The molecule has 0 radical (unpaired) electrons. The SMILES string of the molecule is COC12CC(n3cc(-n4ncc5cc(Cl)c(N6CCN([C@@]7(C)COCC7O)CC6)cc54)cn3)(C1)C2. The number of aliphatic hydroxyl groups excluding tert-OH is 1. The molecule has 0 amide bonds. The molecule has 1 N–H and O–H groups in total. The van der Waals surface area contributed by atoms with Crippen LogP contribution in [0.2, 0.25) is 5.02 Å². The maximum Gasteiger partial charge on any atom is 0.103 e. The van der Waals surface area contributed by atoms with Crippen LogP contribution < -0.4 is 4.90 Å². The molecule has 2 aromatic heterocycles. The Balaban J connectivity index is 1.13. The van der Waals surface area contributed by atoms with Crippen molar-refractivity contribution in [2.24, 2.45) is 0 Å². The molecule has 0 spiro atoms. The second-order valence-corrected chi connectivity index (χ2v) is 11.5. The summed E-state index contributed by atoms with van der Waals surface area (Å²) in [6, 6.07) is 4.15. The Labute approximate surface area is 209 Å². The molecule has 8 rings (SSSR count). The topological polar surface area (TPSA) is 80.8 Å². The maximum absolute atomic E-state index is 10.4. The van der Waals surface area contributed by atoms with E-state index < -0.39 is 6.10 Å². The molecule has 4 heterocycles. The first-order chi connectivity index (χ1) is 16.8. The predicted octanol–water partition coefficient (Wildman–Crippen LogP) is 2.43. The highest BCUT2D eigenvalue weighted by Crippen LogP contribution is 2.66. The number of aromatic nitrogens is 4. The Morgan fingerprint density at radius 3 is 2.57 bits per heavy atom. The van der Waals surface area contributed by atoms with Gasteiger partial charge in [-0.15, -0.1) is 0 Å². The van der Waals surface area contributed by atoms with E-state index in [9.17, 15) is 5.11 Å². The number of fused-ring (bicyclic) bond motifs is 1. The van der Waals surface area contributed by atoms with Crippen molar-refractivity contribution in [1.82, 2.24) is 24.5 Å². The van der Waals surface area contributed by atoms with Crippen LogP contribution in [0.1, 0.15) is 26.2 Å². The van der Waals surface area contributed by atoms with Crippen molar-refractivity contribution >= 4 is 28.2 Å². The van der Waals surface area contributed by atoms with Crippen LogP contribution in [0, 0.1) is 0 Å². The molecular weight excluding hydrogens is 468 g/mol. The first-order valence-electron chi connectivity index (χ1n) is 12.4. The number of benzene rings is 1. The van der Waals surface area contributed by atoms with Gasteiger partial charge in [0.05, 0.1) is 70.8 Å². The second kappa shape index (κ2) is 7.43. The Hall–Kier alpha value is -2.17. The van der Waals surface area contributed by atoms with Crippen LogP contribution in [0.3, 0.4) is 0 Å². The number of rotatable bonds is 5. The zero-order chi connectivity index (χ0) is 24.0. The lowest BCUT2D eigenvalue weighted by Gasteiger charge is -2.68. The highest BCUT2D eigenvalue weighted by atomic mass is 35.5. The fourth-order valence-corrected chi connectivity index (χ4v) is 6.97. The van der Waals surface area contributed by atoms with Gasteiger partial charge >= 0.3 is 0 Å². The van der Waals surface area contributed by atoms with E-state index in [1.54, 1.807) is 0 Å². The van der Waals surface area contributed by atoms with E-state index in [1.165, 1.54) is 0 Å². The zero-order valence-corrected chi connectivity index (χ0v) is 20.9. The number of anilines is 1. The van der Waals surface area contributed by atoms with E-state index in [2.05, 4.69) is 38.8 Å². The molecule has 1 unspecified atom stereocenters. The van der Waals surface area contributed by atoms with Crippen LogP contribution in [0.25, 0.3) is 16.6 Å². The predicted molar refractivity (Wildman–Crippen MR) is 132 cm³/mol. The Bertz CT molecular complexity index is 1280. The van der Waals surface area contributed by atoms with Crippen molar-refractivity contribution in [2.75, 3.05) is 51.4 Å². The van der Waals surface area contributed by atoms with E-state index >= 15 is 0 Å². The molecule has 2 aliphatic heterocycles. The summed E-state index contributed by atoms with van der Waals surface area (Å²) in [6.07, 6.45) is 8.52. The van der Waals surface area contributed by atoms with Gasteiger partial charge in [-0.05, 0) is 19.1 Å². The minimum atomic E-state index is -0.449. The van der Waals surface area contributed by atoms with Gasteiger partial charge in [0.2, 0.25) is 0 Å². The highest BCUT2D eigenvalue weighted by Gasteiger charge is 2.70. The third-order valence-electron chi connectivity index (χ3n) is 9.05. The number of methoxy groups -OCH3 is 1. The summed E-state index contributed by atoms with van der Waals surface area (Å²) in [5.41, 5.74) is 2.87. The molecule has 1 aromatic carbocycles. The van der Waals surface area contributed by atoms with E-state index in [1.807, 2.05) is 30.3 Å². The van der Waals surface area contributed by atoms with Crippen LogP contribution in [0.15, 0.2) is 30.7 Å². The molecule has 5 aliphatic rings. The van der Waals surface area contributed by atoms with E-state index in [0.29, 0.717) is 13.2 Å². The smallest absolute Gasteiger partial charge is 0.103 e. The number of piperazine rings is 1. The molecule has 35 heavy (non-hydrogen) atoms. The average Bonchev–Trinajstić information content (AvgIpc) is 3.52. The van der Waals surface area contributed by atoms with Crippen LogP contribution in [0.4, 0.5) is 5.69 Å². The molecule has 3 aliphatic carbocycles. The normalized spacial score (nSPS) is 34.9. The number of hydrogen-bond donors (Lipinski definition) is 1. The largest absolute Gasteiger partial charge is 0.389 e. The Morgan fingerprint density at radius 2 is 1.89 bits per heavy atom. The quantitative estimate of drug-likeness (QED) is 0.578. The lowest BCUT2D eigenvalue weighted by atomic mass is 9.46. The zero-order valence-electron chi connectivity index (χ0n) is 20.2. The molecule has 3 saturated carbocycles. The summed E-state index contributed by atoms with van der Waals surface area (Å²) < 4.78 is 15.3. The first-order valence-corrected chi connectivity index (χ1v) is 12.8. The van der Waals surface area contributed by atoms with Gasteiger partial charge in [-0.2, -0.15) is 10.2 Å². The van der Waals surface area contributed by atoms with Crippen molar-refractivity contribution in [1.29, 1.82) is 0 Å². The van der Waals surface area contributed by atoms with E-state index in [-0.39, 0.29) is 16.7 Å². The molecule has 186 valence electrons. The van der Waals surface area contributed by atoms with Gasteiger partial charge in [-0.3, -0.25) is 9.58 Å². The summed E-state index contributed by atoms with van der Waals surface area (Å²) in [6.45, 7) is 6.45. The van der Waals surface area contributed by atoms with Gasteiger partial charge in [-0.1, -0.05) is 11.6 Å². The lowest BCUT2D eigenvalue weighted by molar-refractivity contribution is -0.265. The maximum atomic E-state index is 10.4. The number of hydrogen-bond acceptors (Lipinski definition) is 7. The summed E-state index contributed by atoms with van der Waals surface area (Å²) in [7, 11) is 1.81. The molecule has 2 saturated heterocycles. The third-order valence-corrected chi connectivity index (χ3v) is 9.36. The Kier molecular flexibility index (Phi) is 4.68. The average molecular weight is 499 g/mol. The van der Waals surface area contributed by atoms with E-state index in [0.717, 1.165) is 72.7 Å². The number of aliphatic hydroxyl groups is 1. The molecular formula is C25H31ClN6O3. The standard InChI is InChI=1S/C25H31ClN6O3/c1-23(16-35-12-22(23)33)30-5-3-29(4-6-30)21-8-20-17(7-19(21)26)9-28-32(20)18-10-27-31(11-18)24-13-25(14-24,15-24)34-2/h7-11,22,33H,3-6,12-16H2,1-2H3/t22?,23-,24?,25?/m0/s1. The number of nitrogens with zero attached hydrogens (tertiary/aromatic N) is 6. The van der Waals surface area contributed by atoms with Crippen molar-refractivity contribution in [2.45, 2.75) is 49.0 Å². The Morgan fingerprint density at radius 1 is 1.11 bits per heavy atom. The van der Waals surface area contributed by atoms with Crippen molar-refractivity contribution < 1.29 is 14.6 Å². The summed E-state index contributed by atoms with van der Waals surface area (Å²) in [5.74, 6) is 0. The van der Waals surface area contributed by atoms with Gasteiger partial charge in [0.1, 0.15) is 5.69 Å². The monoisotopic (exact) mass is 498 g/mol. The van der Waals surface area contributed by atoms with Gasteiger partial charge in [-0.25, -0.2) is 4.68 Å². The van der Waals surface area contributed by atoms with Gasteiger partial charge in [0.15, 0.2) is 0 Å². The molecule has 5 fully saturated rings. The van der Waals surface area contributed by atoms with Gasteiger partial charge in [0, 0.05) is 57.9 Å². The molecule has 2 atom stereocenters. The minimum Gasteiger partial charge on any atom is -0.389 e. The van der Waals surface area contributed by atoms with Gasteiger partial charge < -0.3 is 19.5 Å². The number of ether oxygens (including phenoxy) is 2. The highest BCUT2D eigenvalue weighted by molar-refractivity contribution is 6.34. The van der Waals surface area contributed by atoms with Crippen molar-refractivity contribution in [3.05, 3.63) is 35.7 Å². The van der Waals surface area contributed by atoms with Gasteiger partial charge in [0.25, 0.3) is 0 Å². The lowest BCUT2D eigenvalue weighted by Crippen LogP contribution is -2.73. The first kappa shape index (κ1) is 22.1. The van der Waals surface area contributed by atoms with Crippen LogP contribution >= 0.6 is 11.6 Å². The fraction of sp³-hybridized carbons (Fsp3) is 0.600. The second-order valence-electron chi connectivity index (χ2n) is 11.1. The third kappa shape index (κ3) is 3.08. The fourth-order valence-electron chi connectivity index (χ4n) is 6.68.